The zero-order chi connectivity index (χ0) is 18.4. The third-order valence-corrected chi connectivity index (χ3v) is 5.33. The van der Waals surface area contributed by atoms with Crippen LogP contribution in [-0.2, 0) is 16.6 Å². The Kier molecular flexibility index (Phi) is 4.07. The zero-order valence-electron chi connectivity index (χ0n) is 15.0. The van der Waals surface area contributed by atoms with E-state index in [-0.39, 0.29) is 18.0 Å². The summed E-state index contributed by atoms with van der Waals surface area (Å²) in [4.78, 5) is 38.8. The fraction of sp³-hybridized carbons (Fsp3) is 0.500. The quantitative estimate of drug-likeness (QED) is 0.745. The fourth-order valence-corrected chi connectivity index (χ4v) is 3.95. The van der Waals surface area contributed by atoms with Gasteiger partial charge in [0.2, 0.25) is 11.8 Å². The molecule has 0 radical (unpaired) electrons. The highest BCUT2D eigenvalue weighted by molar-refractivity contribution is 6.00. The molecule has 4 rings (SSSR count). The number of amides is 2. The molecular weight excluding hydrogens is 334 g/mol. The maximum Gasteiger partial charge on any atom is 0.329 e. The number of carbonyl (C=O) groups excluding carboxylic acids is 2. The van der Waals surface area contributed by atoms with Crippen LogP contribution in [0.5, 0.6) is 0 Å². The molecular formula is C18H23N5O3. The lowest BCUT2D eigenvalue weighted by Crippen LogP contribution is -2.49. The average molecular weight is 357 g/mol. The lowest BCUT2D eigenvalue weighted by molar-refractivity contribution is -0.135. The van der Waals surface area contributed by atoms with Crippen LogP contribution in [-0.4, -0.2) is 46.6 Å². The Bertz CT molecular complexity index is 944. The normalized spacial score (nSPS) is 24.2. The summed E-state index contributed by atoms with van der Waals surface area (Å²) in [7, 11) is 1.72. The van der Waals surface area contributed by atoms with Crippen molar-refractivity contribution in [3.8, 4) is 0 Å². The first kappa shape index (κ1) is 16.8. The topological polar surface area (TPSA) is 88.4 Å². The van der Waals surface area contributed by atoms with Gasteiger partial charge in [-0.25, -0.2) is 4.79 Å². The number of aromatic nitrogens is 2. The van der Waals surface area contributed by atoms with Crippen LogP contribution in [0.3, 0.4) is 0 Å². The number of piperazine rings is 1. The van der Waals surface area contributed by atoms with Crippen molar-refractivity contribution in [2.24, 2.45) is 7.05 Å². The Hall–Kier alpha value is -2.61. The molecule has 2 amide bonds. The van der Waals surface area contributed by atoms with Crippen LogP contribution in [0, 0.1) is 0 Å². The minimum Gasteiger partial charge on any atom is -0.369 e. The van der Waals surface area contributed by atoms with Crippen molar-refractivity contribution in [1.29, 1.82) is 0 Å². The van der Waals surface area contributed by atoms with Gasteiger partial charge in [-0.1, -0.05) is 0 Å². The van der Waals surface area contributed by atoms with Crippen molar-refractivity contribution in [2.75, 3.05) is 24.5 Å². The maximum atomic E-state index is 12.8. The molecule has 0 bridgehead atoms. The molecule has 2 N–H and O–H groups in total. The maximum absolute atomic E-state index is 12.8. The van der Waals surface area contributed by atoms with Gasteiger partial charge in [-0.2, -0.15) is 0 Å². The highest BCUT2D eigenvalue weighted by Gasteiger charge is 2.31. The van der Waals surface area contributed by atoms with Gasteiger partial charge in [0.1, 0.15) is 6.04 Å². The van der Waals surface area contributed by atoms with Crippen molar-refractivity contribution in [1.82, 2.24) is 19.8 Å². The number of aryl methyl sites for hydroxylation is 1. The molecule has 1 aromatic carbocycles. The predicted molar refractivity (Wildman–Crippen MR) is 98.3 cm³/mol. The highest BCUT2D eigenvalue weighted by atomic mass is 16.2. The smallest absolute Gasteiger partial charge is 0.329 e. The van der Waals surface area contributed by atoms with Gasteiger partial charge in [0.15, 0.2) is 0 Å². The molecule has 2 fully saturated rings. The molecule has 138 valence electrons. The molecule has 0 spiro atoms. The highest BCUT2D eigenvalue weighted by Crippen LogP contribution is 2.26. The molecule has 1 aromatic heterocycles. The van der Waals surface area contributed by atoms with E-state index < -0.39 is 11.9 Å². The number of piperidine rings is 1. The Morgan fingerprint density at radius 1 is 1.15 bits per heavy atom. The van der Waals surface area contributed by atoms with Crippen LogP contribution >= 0.6 is 0 Å². The van der Waals surface area contributed by atoms with Crippen molar-refractivity contribution in [3.05, 3.63) is 28.7 Å². The van der Waals surface area contributed by atoms with E-state index >= 15 is 0 Å². The Balaban J connectivity index is 1.76. The van der Waals surface area contributed by atoms with E-state index in [1.807, 2.05) is 18.2 Å². The van der Waals surface area contributed by atoms with Gasteiger partial charge in [-0.3, -0.25) is 24.0 Å². The van der Waals surface area contributed by atoms with E-state index in [1.165, 1.54) is 4.57 Å². The third kappa shape index (κ3) is 2.70. The molecule has 1 unspecified atom stereocenters. The zero-order valence-corrected chi connectivity index (χ0v) is 15.0. The van der Waals surface area contributed by atoms with Gasteiger partial charge in [0, 0.05) is 44.8 Å². The average Bonchev–Trinajstić information content (AvgIpc) is 2.86. The second kappa shape index (κ2) is 6.28. The van der Waals surface area contributed by atoms with Crippen LogP contribution in [0.4, 0.5) is 5.69 Å². The number of nitrogens with zero attached hydrogens (tertiary/aromatic N) is 3. The predicted octanol–water partition coefficient (Wildman–Crippen LogP) is 0.116. The lowest BCUT2D eigenvalue weighted by atomic mass is 10.1. The van der Waals surface area contributed by atoms with Crippen LogP contribution in [0.1, 0.15) is 25.8 Å². The van der Waals surface area contributed by atoms with Crippen molar-refractivity contribution < 1.29 is 9.59 Å². The van der Waals surface area contributed by atoms with E-state index in [0.717, 1.165) is 36.4 Å². The number of imidazole rings is 1. The van der Waals surface area contributed by atoms with Gasteiger partial charge in [0.25, 0.3) is 0 Å². The number of hydrogen-bond donors (Lipinski definition) is 2. The molecule has 2 aromatic rings. The van der Waals surface area contributed by atoms with E-state index in [9.17, 15) is 14.4 Å². The Labute approximate surface area is 150 Å². The summed E-state index contributed by atoms with van der Waals surface area (Å²) in [6.45, 7) is 4.90. The molecule has 26 heavy (non-hydrogen) atoms. The molecule has 2 aliphatic rings. The van der Waals surface area contributed by atoms with Gasteiger partial charge < -0.3 is 10.2 Å². The number of benzene rings is 1. The summed E-state index contributed by atoms with van der Waals surface area (Å²) in [5.41, 5.74) is 2.35. The first-order valence-corrected chi connectivity index (χ1v) is 8.98. The van der Waals surface area contributed by atoms with E-state index in [4.69, 9.17) is 0 Å². The number of rotatable bonds is 2. The van der Waals surface area contributed by atoms with Crippen molar-refractivity contribution >= 4 is 28.5 Å². The number of carbonyl (C=O) groups is 2. The summed E-state index contributed by atoms with van der Waals surface area (Å²) in [6.07, 6.45) is 0.594. The van der Waals surface area contributed by atoms with Gasteiger partial charge in [0.05, 0.1) is 11.0 Å². The first-order chi connectivity index (χ1) is 12.5. The first-order valence-electron chi connectivity index (χ1n) is 8.98. The molecule has 8 nitrogen and oxygen atoms in total. The van der Waals surface area contributed by atoms with E-state index in [0.29, 0.717) is 12.5 Å². The number of fused-ring (bicyclic) bond motifs is 1. The minimum atomic E-state index is -0.644. The van der Waals surface area contributed by atoms with Crippen molar-refractivity contribution in [2.45, 2.75) is 31.8 Å². The summed E-state index contributed by atoms with van der Waals surface area (Å²) >= 11 is 0. The summed E-state index contributed by atoms with van der Waals surface area (Å²) in [5, 5.41) is 5.76. The van der Waals surface area contributed by atoms with Gasteiger partial charge >= 0.3 is 5.69 Å². The summed E-state index contributed by atoms with van der Waals surface area (Å²) in [5.74, 6) is -0.689. The van der Waals surface area contributed by atoms with Crippen LogP contribution in [0.25, 0.3) is 11.0 Å². The SMILES string of the molecule is C[C@H]1CN(c2ccc3c(c2)n(C)c(=O)n3C2CCC(=O)NC2=O)CCN1. The number of imide groups is 1. The molecule has 0 aliphatic carbocycles. The Morgan fingerprint density at radius 2 is 1.96 bits per heavy atom. The largest absolute Gasteiger partial charge is 0.369 e. The molecule has 3 heterocycles. The number of nitrogens with one attached hydrogen (secondary N) is 2. The third-order valence-electron chi connectivity index (χ3n) is 5.33. The van der Waals surface area contributed by atoms with Crippen LogP contribution in [0.15, 0.2) is 23.0 Å². The molecule has 0 saturated carbocycles. The second-order valence-electron chi connectivity index (χ2n) is 7.15. The monoisotopic (exact) mass is 357 g/mol. The second-order valence-corrected chi connectivity index (χ2v) is 7.15. The molecule has 8 heteroatoms. The fourth-order valence-electron chi connectivity index (χ4n) is 3.95. The minimum absolute atomic E-state index is 0.236. The van der Waals surface area contributed by atoms with Crippen LogP contribution in [0.2, 0.25) is 0 Å². The van der Waals surface area contributed by atoms with Gasteiger partial charge in [-0.05, 0) is 31.5 Å². The Morgan fingerprint density at radius 3 is 2.69 bits per heavy atom. The standard InChI is InChI=1S/C18H23N5O3/c1-11-10-22(8-7-19-11)12-3-4-13-15(9-12)21(2)18(26)23(13)14-5-6-16(24)20-17(14)25/h3-4,9,11,14,19H,5-8,10H2,1-2H3,(H,20,24,25)/t11-,14?/m0/s1. The number of anilines is 1. The lowest BCUT2D eigenvalue weighted by Gasteiger charge is -2.33. The number of hydrogen-bond acceptors (Lipinski definition) is 5. The molecule has 2 aliphatic heterocycles. The molecule has 2 atom stereocenters. The summed E-state index contributed by atoms with van der Waals surface area (Å²) in [6, 6.07) is 5.69. The van der Waals surface area contributed by atoms with Gasteiger partial charge in [-0.15, -0.1) is 0 Å². The van der Waals surface area contributed by atoms with Crippen LogP contribution < -0.4 is 21.2 Å². The van der Waals surface area contributed by atoms with Crippen molar-refractivity contribution in [3.63, 3.8) is 0 Å². The summed E-state index contributed by atoms with van der Waals surface area (Å²) < 4.78 is 3.09. The molecule has 2 saturated heterocycles. The van der Waals surface area contributed by atoms with E-state index in [2.05, 4.69) is 22.5 Å². The van der Waals surface area contributed by atoms with E-state index in [1.54, 1.807) is 11.6 Å².